The van der Waals surface area contributed by atoms with Crippen LogP contribution in [-0.4, -0.2) is 22.5 Å². The molecule has 0 aromatic heterocycles. The number of carboxylic acids is 1. The van der Waals surface area contributed by atoms with E-state index in [0.717, 1.165) is 25.7 Å². The Labute approximate surface area is 120 Å². The maximum Gasteiger partial charge on any atom is 0.313 e. The van der Waals surface area contributed by atoms with Gasteiger partial charge in [-0.05, 0) is 19.8 Å². The van der Waals surface area contributed by atoms with Crippen molar-refractivity contribution >= 4 is 11.9 Å². The number of hydrogen-bond donors (Lipinski definition) is 2. The third-order valence-electron chi connectivity index (χ3n) is 3.93. The van der Waals surface area contributed by atoms with Crippen molar-refractivity contribution in [1.29, 1.82) is 0 Å². The summed E-state index contributed by atoms with van der Waals surface area (Å²) >= 11 is 0. The largest absolute Gasteiger partial charge is 0.481 e. The molecule has 4 heteroatoms. The molecule has 3 unspecified atom stereocenters. The summed E-state index contributed by atoms with van der Waals surface area (Å²) in [4.78, 5) is 23.7. The van der Waals surface area contributed by atoms with Gasteiger partial charge in [0.25, 0.3) is 0 Å². The van der Waals surface area contributed by atoms with Crippen molar-refractivity contribution in [2.24, 2.45) is 11.8 Å². The maximum atomic E-state index is 12.4. The first-order valence-corrected chi connectivity index (χ1v) is 7.35. The zero-order valence-corrected chi connectivity index (χ0v) is 12.6. The second kappa shape index (κ2) is 7.27. The number of unbranched alkanes of at least 4 members (excludes halogenated alkanes) is 1. The fourth-order valence-corrected chi connectivity index (χ4v) is 2.53. The van der Waals surface area contributed by atoms with E-state index in [1.165, 1.54) is 0 Å². The second-order valence-electron chi connectivity index (χ2n) is 5.58. The van der Waals surface area contributed by atoms with Crippen LogP contribution < -0.4 is 5.32 Å². The molecule has 1 amide bonds. The highest BCUT2D eigenvalue weighted by Crippen LogP contribution is 2.26. The molecule has 0 saturated carbocycles. The molecule has 3 atom stereocenters. The average Bonchev–Trinajstić information content (AvgIpc) is 2.39. The highest BCUT2D eigenvalue weighted by atomic mass is 16.4. The highest BCUT2D eigenvalue weighted by Gasteiger charge is 2.38. The Morgan fingerprint density at radius 2 is 2.05 bits per heavy atom. The third kappa shape index (κ3) is 3.95. The topological polar surface area (TPSA) is 66.4 Å². The summed E-state index contributed by atoms with van der Waals surface area (Å²) < 4.78 is 0. The molecule has 112 valence electrons. The summed E-state index contributed by atoms with van der Waals surface area (Å²) in [6.45, 7) is 5.85. The van der Waals surface area contributed by atoms with E-state index in [4.69, 9.17) is 0 Å². The molecule has 0 bridgehead atoms. The average molecular weight is 279 g/mol. The van der Waals surface area contributed by atoms with E-state index in [-0.39, 0.29) is 11.8 Å². The van der Waals surface area contributed by atoms with E-state index >= 15 is 0 Å². The van der Waals surface area contributed by atoms with E-state index in [2.05, 4.69) is 12.2 Å². The van der Waals surface area contributed by atoms with E-state index in [1.54, 1.807) is 31.2 Å². The zero-order chi connectivity index (χ0) is 15.2. The number of carbonyl (C=O) groups excluding carboxylic acids is 1. The Balaban J connectivity index is 2.78. The number of hydrogen-bond acceptors (Lipinski definition) is 2. The van der Waals surface area contributed by atoms with Crippen LogP contribution in [0.3, 0.4) is 0 Å². The number of amides is 1. The molecule has 0 fully saturated rings. The van der Waals surface area contributed by atoms with Crippen LogP contribution in [0.4, 0.5) is 0 Å². The number of carboxylic acid groups (broad SMARTS) is 1. The van der Waals surface area contributed by atoms with Gasteiger partial charge in [-0.15, -0.1) is 0 Å². The predicted molar refractivity (Wildman–Crippen MR) is 79.3 cm³/mol. The minimum Gasteiger partial charge on any atom is -0.481 e. The number of allylic oxidation sites excluding steroid dienone is 2. The third-order valence-corrected chi connectivity index (χ3v) is 3.93. The smallest absolute Gasteiger partial charge is 0.313 e. The number of rotatable bonds is 7. The van der Waals surface area contributed by atoms with Crippen molar-refractivity contribution in [3.63, 3.8) is 0 Å². The minimum absolute atomic E-state index is 0.0412. The van der Waals surface area contributed by atoms with E-state index in [0.29, 0.717) is 0 Å². The lowest BCUT2D eigenvalue weighted by Crippen LogP contribution is -2.54. The van der Waals surface area contributed by atoms with Crippen LogP contribution in [-0.2, 0) is 9.59 Å². The van der Waals surface area contributed by atoms with Crippen molar-refractivity contribution in [1.82, 2.24) is 5.32 Å². The van der Waals surface area contributed by atoms with Gasteiger partial charge in [-0.25, -0.2) is 0 Å². The Morgan fingerprint density at radius 1 is 1.35 bits per heavy atom. The molecule has 20 heavy (non-hydrogen) atoms. The number of aliphatic carboxylic acids is 1. The van der Waals surface area contributed by atoms with Crippen LogP contribution in [0, 0.1) is 11.8 Å². The van der Waals surface area contributed by atoms with Crippen molar-refractivity contribution in [2.75, 3.05) is 0 Å². The van der Waals surface area contributed by atoms with Gasteiger partial charge in [0, 0.05) is 5.92 Å². The van der Waals surface area contributed by atoms with Crippen molar-refractivity contribution in [3.8, 4) is 0 Å². The molecule has 0 aromatic carbocycles. The summed E-state index contributed by atoms with van der Waals surface area (Å²) in [5.74, 6) is -1.73. The molecule has 0 radical (unpaired) electrons. The van der Waals surface area contributed by atoms with Crippen LogP contribution in [0.25, 0.3) is 0 Å². The Hall–Kier alpha value is -1.58. The quantitative estimate of drug-likeness (QED) is 0.753. The number of nitrogens with one attached hydrogen (secondary N) is 1. The lowest BCUT2D eigenvalue weighted by atomic mass is 9.81. The van der Waals surface area contributed by atoms with E-state index in [9.17, 15) is 14.7 Å². The van der Waals surface area contributed by atoms with Gasteiger partial charge in [-0.1, -0.05) is 51.0 Å². The summed E-state index contributed by atoms with van der Waals surface area (Å²) in [6, 6.07) is 0. The fraction of sp³-hybridized carbons (Fsp3) is 0.625. The van der Waals surface area contributed by atoms with Gasteiger partial charge < -0.3 is 10.4 Å². The van der Waals surface area contributed by atoms with Gasteiger partial charge in [0.1, 0.15) is 5.92 Å². The molecule has 0 saturated heterocycles. The lowest BCUT2D eigenvalue weighted by Gasteiger charge is -2.34. The van der Waals surface area contributed by atoms with Gasteiger partial charge in [-0.3, -0.25) is 9.59 Å². The molecule has 1 aliphatic rings. The van der Waals surface area contributed by atoms with Crippen LogP contribution in [0.1, 0.15) is 46.5 Å². The summed E-state index contributed by atoms with van der Waals surface area (Å²) in [6.07, 6.45) is 10.6. The van der Waals surface area contributed by atoms with Gasteiger partial charge in [-0.2, -0.15) is 0 Å². The highest BCUT2D eigenvalue weighted by molar-refractivity contribution is 5.82. The molecule has 0 spiro atoms. The molecular formula is C16H25NO3. The standard InChI is InChI=1S/C16H25NO3/c1-4-6-9-12(5-2)14(18)17-16(3)11-8-7-10-13(16)15(19)20/h7-8,10-13H,4-6,9H2,1-3H3,(H,17,18)(H,19,20). The fourth-order valence-electron chi connectivity index (χ4n) is 2.53. The normalized spacial score (nSPS) is 26.2. The maximum absolute atomic E-state index is 12.4. The first-order valence-electron chi connectivity index (χ1n) is 7.35. The summed E-state index contributed by atoms with van der Waals surface area (Å²) in [5.41, 5.74) is -0.850. The SMILES string of the molecule is CCCCC(CC)C(=O)NC1(C)C=CC=CC1C(=O)O. The first-order chi connectivity index (χ1) is 9.44. The Kier molecular flexibility index (Phi) is 5.99. The minimum atomic E-state index is -0.921. The van der Waals surface area contributed by atoms with Crippen LogP contribution in [0.15, 0.2) is 24.3 Å². The molecule has 1 aliphatic carbocycles. The predicted octanol–water partition coefficient (Wildman–Crippen LogP) is 2.90. The zero-order valence-electron chi connectivity index (χ0n) is 12.6. The second-order valence-corrected chi connectivity index (χ2v) is 5.58. The van der Waals surface area contributed by atoms with Crippen LogP contribution in [0.5, 0.6) is 0 Å². The van der Waals surface area contributed by atoms with Crippen molar-refractivity contribution in [3.05, 3.63) is 24.3 Å². The molecule has 0 heterocycles. The van der Waals surface area contributed by atoms with Gasteiger partial charge in [0.05, 0.1) is 5.54 Å². The van der Waals surface area contributed by atoms with Gasteiger partial charge in [0.2, 0.25) is 5.91 Å². The van der Waals surface area contributed by atoms with Gasteiger partial charge >= 0.3 is 5.97 Å². The summed E-state index contributed by atoms with van der Waals surface area (Å²) in [7, 11) is 0. The van der Waals surface area contributed by atoms with E-state index < -0.39 is 17.4 Å². The monoisotopic (exact) mass is 279 g/mol. The van der Waals surface area contributed by atoms with Crippen LogP contribution in [0.2, 0.25) is 0 Å². The molecule has 0 aliphatic heterocycles. The van der Waals surface area contributed by atoms with Crippen molar-refractivity contribution in [2.45, 2.75) is 52.0 Å². The van der Waals surface area contributed by atoms with Gasteiger partial charge in [0.15, 0.2) is 0 Å². The Morgan fingerprint density at radius 3 is 2.60 bits per heavy atom. The Bertz CT molecular complexity index is 414. The lowest BCUT2D eigenvalue weighted by molar-refractivity contribution is -0.142. The molecular weight excluding hydrogens is 254 g/mol. The molecule has 2 N–H and O–H groups in total. The summed E-state index contributed by atoms with van der Waals surface area (Å²) in [5, 5.41) is 12.2. The molecule has 4 nitrogen and oxygen atoms in total. The molecule has 1 rings (SSSR count). The molecule has 0 aromatic rings. The van der Waals surface area contributed by atoms with E-state index in [1.807, 2.05) is 6.92 Å². The first kappa shape index (κ1) is 16.5. The number of carbonyl (C=O) groups is 2. The van der Waals surface area contributed by atoms with Crippen molar-refractivity contribution < 1.29 is 14.7 Å². The van der Waals surface area contributed by atoms with Crippen LogP contribution >= 0.6 is 0 Å².